The average Bonchev–Trinajstić information content (AvgIpc) is 2.60. The van der Waals surface area contributed by atoms with Gasteiger partial charge in [0.25, 0.3) is 0 Å². The maximum Gasteiger partial charge on any atom is 0.221 e. The summed E-state index contributed by atoms with van der Waals surface area (Å²) in [4.78, 5) is 10.7. The Morgan fingerprint density at radius 2 is 1.80 bits per heavy atom. The molecule has 0 heterocycles. The molecule has 1 saturated carbocycles. The van der Waals surface area contributed by atoms with Crippen LogP contribution in [-0.4, -0.2) is 5.91 Å². The van der Waals surface area contributed by atoms with Crippen molar-refractivity contribution >= 4 is 5.91 Å². The van der Waals surface area contributed by atoms with Gasteiger partial charge in [0.1, 0.15) is 0 Å². The van der Waals surface area contributed by atoms with Crippen LogP contribution in [-0.2, 0) is 4.79 Å². The van der Waals surface area contributed by atoms with Gasteiger partial charge >= 0.3 is 0 Å². The Morgan fingerprint density at radius 3 is 2.20 bits per heavy atom. The smallest absolute Gasteiger partial charge is 0.221 e. The highest BCUT2D eigenvalue weighted by Gasteiger charge is 2.52. The Morgan fingerprint density at radius 1 is 1.30 bits per heavy atom. The predicted octanol–water partition coefficient (Wildman–Crippen LogP) is 0.684. The standard InChI is InChI=1S/C8H11NO/c9-8(10)7-5-3-1-2-4-6(5)7/h1-2,5-7H,3-4H2,(H2,9,10)/t5-,6+,7?. The van der Waals surface area contributed by atoms with Gasteiger partial charge in [0.05, 0.1) is 0 Å². The van der Waals surface area contributed by atoms with Gasteiger partial charge < -0.3 is 5.73 Å². The van der Waals surface area contributed by atoms with E-state index in [1.54, 1.807) is 0 Å². The first-order valence-electron chi connectivity index (χ1n) is 3.75. The lowest BCUT2D eigenvalue weighted by Crippen LogP contribution is -2.14. The Bertz CT molecular complexity index is 183. The molecule has 2 rings (SSSR count). The molecular formula is C8H11NO. The fourth-order valence-electron chi connectivity index (χ4n) is 2.02. The summed E-state index contributed by atoms with van der Waals surface area (Å²) in [6, 6.07) is 0. The van der Waals surface area contributed by atoms with Crippen molar-refractivity contribution in [3.8, 4) is 0 Å². The zero-order valence-electron chi connectivity index (χ0n) is 5.79. The van der Waals surface area contributed by atoms with Crippen molar-refractivity contribution < 1.29 is 4.79 Å². The number of carbonyl (C=O) groups is 1. The molecule has 2 N–H and O–H groups in total. The summed E-state index contributed by atoms with van der Waals surface area (Å²) < 4.78 is 0. The molecule has 0 radical (unpaired) electrons. The van der Waals surface area contributed by atoms with Crippen LogP contribution in [0.5, 0.6) is 0 Å². The molecule has 0 aliphatic heterocycles. The van der Waals surface area contributed by atoms with Crippen LogP contribution >= 0.6 is 0 Å². The number of amides is 1. The predicted molar refractivity (Wildman–Crippen MR) is 38.0 cm³/mol. The van der Waals surface area contributed by atoms with Gasteiger partial charge in [0.2, 0.25) is 5.91 Å². The zero-order valence-corrected chi connectivity index (χ0v) is 5.79. The summed E-state index contributed by atoms with van der Waals surface area (Å²) in [5.41, 5.74) is 5.19. The summed E-state index contributed by atoms with van der Waals surface area (Å²) in [6.45, 7) is 0. The van der Waals surface area contributed by atoms with Crippen LogP contribution in [0.3, 0.4) is 0 Å². The number of rotatable bonds is 1. The van der Waals surface area contributed by atoms with Crippen molar-refractivity contribution in [3.63, 3.8) is 0 Å². The number of hydrogen-bond acceptors (Lipinski definition) is 1. The first kappa shape index (κ1) is 5.96. The van der Waals surface area contributed by atoms with Gasteiger partial charge in [-0.1, -0.05) is 12.2 Å². The van der Waals surface area contributed by atoms with Crippen molar-refractivity contribution in [2.24, 2.45) is 23.5 Å². The fourth-order valence-corrected chi connectivity index (χ4v) is 2.02. The molecule has 1 unspecified atom stereocenters. The second-order valence-electron chi connectivity index (χ2n) is 3.20. The summed E-state index contributed by atoms with van der Waals surface area (Å²) in [5, 5.41) is 0. The van der Waals surface area contributed by atoms with Crippen LogP contribution in [0, 0.1) is 17.8 Å². The number of nitrogens with two attached hydrogens (primary N) is 1. The first-order valence-corrected chi connectivity index (χ1v) is 3.75. The monoisotopic (exact) mass is 137 g/mol. The van der Waals surface area contributed by atoms with Crippen molar-refractivity contribution in [2.75, 3.05) is 0 Å². The Balaban J connectivity index is 2.04. The van der Waals surface area contributed by atoms with Crippen molar-refractivity contribution in [3.05, 3.63) is 12.2 Å². The topological polar surface area (TPSA) is 43.1 Å². The van der Waals surface area contributed by atoms with E-state index >= 15 is 0 Å². The Kier molecular flexibility index (Phi) is 1.10. The van der Waals surface area contributed by atoms with Crippen molar-refractivity contribution in [1.82, 2.24) is 0 Å². The first-order chi connectivity index (χ1) is 4.80. The van der Waals surface area contributed by atoms with Gasteiger partial charge in [0.15, 0.2) is 0 Å². The molecule has 0 aromatic carbocycles. The molecule has 2 nitrogen and oxygen atoms in total. The fraction of sp³-hybridized carbons (Fsp3) is 0.625. The van der Waals surface area contributed by atoms with Crippen molar-refractivity contribution in [2.45, 2.75) is 12.8 Å². The molecule has 0 spiro atoms. The number of allylic oxidation sites excluding steroid dienone is 2. The number of hydrogen-bond donors (Lipinski definition) is 1. The molecule has 2 heteroatoms. The molecule has 1 fully saturated rings. The van der Waals surface area contributed by atoms with Crippen LogP contribution in [0.1, 0.15) is 12.8 Å². The van der Waals surface area contributed by atoms with Crippen LogP contribution in [0.4, 0.5) is 0 Å². The molecular weight excluding hydrogens is 126 g/mol. The number of fused-ring (bicyclic) bond motifs is 1. The maximum absolute atomic E-state index is 10.7. The third-order valence-corrected chi connectivity index (χ3v) is 2.64. The molecule has 0 aromatic heterocycles. The Hall–Kier alpha value is -0.790. The van der Waals surface area contributed by atoms with E-state index in [-0.39, 0.29) is 11.8 Å². The highest BCUT2D eigenvalue weighted by molar-refractivity contribution is 5.80. The van der Waals surface area contributed by atoms with Gasteiger partial charge in [0, 0.05) is 5.92 Å². The van der Waals surface area contributed by atoms with E-state index in [0.29, 0.717) is 11.8 Å². The molecule has 0 saturated heterocycles. The van der Waals surface area contributed by atoms with E-state index in [2.05, 4.69) is 12.2 Å². The highest BCUT2D eigenvalue weighted by atomic mass is 16.1. The molecule has 10 heavy (non-hydrogen) atoms. The van der Waals surface area contributed by atoms with Crippen LogP contribution < -0.4 is 5.73 Å². The van der Waals surface area contributed by atoms with E-state index in [4.69, 9.17) is 5.73 Å². The summed E-state index contributed by atoms with van der Waals surface area (Å²) >= 11 is 0. The molecule has 3 atom stereocenters. The van der Waals surface area contributed by atoms with Gasteiger partial charge in [-0.05, 0) is 24.7 Å². The quantitative estimate of drug-likeness (QED) is 0.531. The van der Waals surface area contributed by atoms with E-state index in [0.717, 1.165) is 12.8 Å². The molecule has 2 aliphatic carbocycles. The highest BCUT2D eigenvalue weighted by Crippen LogP contribution is 2.52. The van der Waals surface area contributed by atoms with Gasteiger partial charge in [-0.2, -0.15) is 0 Å². The van der Waals surface area contributed by atoms with E-state index < -0.39 is 0 Å². The third kappa shape index (κ3) is 0.681. The minimum absolute atomic E-state index is 0.0984. The molecule has 2 aliphatic rings. The van der Waals surface area contributed by atoms with Crippen LogP contribution in [0.25, 0.3) is 0 Å². The number of carbonyl (C=O) groups excluding carboxylic acids is 1. The Labute approximate surface area is 60.1 Å². The lowest BCUT2D eigenvalue weighted by Gasteiger charge is -1.96. The van der Waals surface area contributed by atoms with E-state index in [1.165, 1.54) is 0 Å². The summed E-state index contributed by atoms with van der Waals surface area (Å²) in [5.74, 6) is 1.30. The van der Waals surface area contributed by atoms with Gasteiger partial charge in [-0.15, -0.1) is 0 Å². The minimum Gasteiger partial charge on any atom is -0.369 e. The van der Waals surface area contributed by atoms with Crippen LogP contribution in [0.2, 0.25) is 0 Å². The SMILES string of the molecule is NC(=O)C1[C@H]2CC=CC[C@@H]12. The van der Waals surface area contributed by atoms with E-state index in [9.17, 15) is 4.79 Å². The third-order valence-electron chi connectivity index (χ3n) is 2.64. The molecule has 0 aromatic rings. The molecule has 1 amide bonds. The maximum atomic E-state index is 10.7. The number of primary amides is 1. The minimum atomic E-state index is -0.0984. The second kappa shape index (κ2) is 1.84. The lowest BCUT2D eigenvalue weighted by molar-refractivity contribution is -0.119. The second-order valence-corrected chi connectivity index (χ2v) is 3.20. The van der Waals surface area contributed by atoms with Gasteiger partial charge in [-0.3, -0.25) is 4.79 Å². The van der Waals surface area contributed by atoms with E-state index in [1.807, 2.05) is 0 Å². The normalized spacial score (nSPS) is 42.6. The van der Waals surface area contributed by atoms with Gasteiger partial charge in [-0.25, -0.2) is 0 Å². The lowest BCUT2D eigenvalue weighted by atomic mass is 10.1. The summed E-state index contributed by atoms with van der Waals surface area (Å²) in [6.07, 6.45) is 6.45. The molecule has 54 valence electrons. The van der Waals surface area contributed by atoms with Crippen molar-refractivity contribution in [1.29, 1.82) is 0 Å². The summed E-state index contributed by atoms with van der Waals surface area (Å²) in [7, 11) is 0. The zero-order chi connectivity index (χ0) is 7.14. The average molecular weight is 137 g/mol. The largest absolute Gasteiger partial charge is 0.369 e. The van der Waals surface area contributed by atoms with Crippen LogP contribution in [0.15, 0.2) is 12.2 Å². The molecule has 0 bridgehead atoms.